The van der Waals surface area contributed by atoms with Crippen molar-refractivity contribution in [1.82, 2.24) is 9.97 Å². The van der Waals surface area contributed by atoms with Crippen LogP contribution in [-0.4, -0.2) is 48.7 Å². The molecule has 0 saturated carbocycles. The van der Waals surface area contributed by atoms with Crippen molar-refractivity contribution < 1.29 is 14.4 Å². The minimum Gasteiger partial charge on any atom is -0.370 e. The lowest BCUT2D eigenvalue weighted by molar-refractivity contribution is -0.899. The van der Waals surface area contributed by atoms with Gasteiger partial charge in [-0.3, -0.25) is 10.1 Å². The number of anilines is 1. The van der Waals surface area contributed by atoms with Crippen LogP contribution in [0.2, 0.25) is 0 Å². The number of amides is 1. The molecular weight excluding hydrogens is 336 g/mol. The monoisotopic (exact) mass is 357 g/mol. The average Bonchev–Trinajstić information content (AvgIpc) is 3.18. The van der Waals surface area contributed by atoms with E-state index < -0.39 is 0 Å². The van der Waals surface area contributed by atoms with E-state index in [0.717, 1.165) is 54.2 Å². The van der Waals surface area contributed by atoms with Gasteiger partial charge in [0.05, 0.1) is 18.9 Å². The Kier molecular flexibility index (Phi) is 4.52. The van der Waals surface area contributed by atoms with Crippen molar-refractivity contribution in [1.29, 1.82) is 0 Å². The summed E-state index contributed by atoms with van der Waals surface area (Å²) in [7, 11) is 0. The maximum absolute atomic E-state index is 12.2. The molecule has 25 heavy (non-hydrogen) atoms. The van der Waals surface area contributed by atoms with Gasteiger partial charge in [0.15, 0.2) is 11.7 Å². The number of quaternary nitrogens is 1. The van der Waals surface area contributed by atoms with Gasteiger partial charge in [-0.25, -0.2) is 4.98 Å². The van der Waals surface area contributed by atoms with E-state index in [1.54, 1.807) is 0 Å². The zero-order valence-electron chi connectivity index (χ0n) is 14.1. The van der Waals surface area contributed by atoms with Gasteiger partial charge >= 0.3 is 0 Å². The van der Waals surface area contributed by atoms with Crippen molar-refractivity contribution in [3.05, 3.63) is 35.3 Å². The van der Waals surface area contributed by atoms with Gasteiger partial charge < -0.3 is 14.6 Å². The summed E-state index contributed by atoms with van der Waals surface area (Å²) in [6, 6.07) is 8.20. The van der Waals surface area contributed by atoms with E-state index >= 15 is 0 Å². The largest absolute Gasteiger partial charge is 0.370 e. The second-order valence-electron chi connectivity index (χ2n) is 6.30. The number of thiazole rings is 1. The van der Waals surface area contributed by atoms with Crippen molar-refractivity contribution in [3.8, 4) is 11.3 Å². The zero-order valence-corrected chi connectivity index (χ0v) is 14.9. The number of aromatic nitrogens is 2. The van der Waals surface area contributed by atoms with E-state index in [0.29, 0.717) is 11.7 Å². The van der Waals surface area contributed by atoms with Gasteiger partial charge in [0.25, 0.3) is 5.91 Å². The summed E-state index contributed by atoms with van der Waals surface area (Å²) < 4.78 is 5.32. The molecule has 6 nitrogen and oxygen atoms in total. The first-order valence-electron chi connectivity index (χ1n) is 8.45. The van der Waals surface area contributed by atoms with Crippen LogP contribution >= 0.6 is 11.3 Å². The second kappa shape index (κ2) is 6.95. The van der Waals surface area contributed by atoms with Crippen LogP contribution in [0.25, 0.3) is 22.2 Å². The molecule has 0 unspecified atom stereocenters. The number of rotatable bonds is 4. The molecule has 0 bridgehead atoms. The number of ether oxygens (including phenoxy) is 1. The number of nitrogens with one attached hydrogen (secondary N) is 3. The van der Waals surface area contributed by atoms with Crippen molar-refractivity contribution in [2.45, 2.75) is 6.92 Å². The normalized spacial score (nSPS) is 15.6. The van der Waals surface area contributed by atoms with Gasteiger partial charge in [-0.1, -0.05) is 18.2 Å². The van der Waals surface area contributed by atoms with Gasteiger partial charge in [-0.05, 0) is 13.0 Å². The Morgan fingerprint density at radius 1 is 1.36 bits per heavy atom. The Balaban J connectivity index is 1.50. The Morgan fingerprint density at radius 2 is 2.16 bits per heavy atom. The number of hydrogen-bond donors (Lipinski definition) is 3. The SMILES string of the molecule is Cc1[nH]c2ccccc2c1-c1csc(NC(=O)C[NH+]2CCOCC2)n1. The lowest BCUT2D eigenvalue weighted by atomic mass is 10.1. The number of hydrogen-bond acceptors (Lipinski definition) is 4. The number of fused-ring (bicyclic) bond motifs is 1. The molecule has 3 heterocycles. The van der Waals surface area contributed by atoms with Gasteiger partial charge in [0, 0.05) is 27.5 Å². The van der Waals surface area contributed by atoms with Crippen LogP contribution in [0, 0.1) is 6.92 Å². The highest BCUT2D eigenvalue weighted by Crippen LogP contribution is 2.33. The van der Waals surface area contributed by atoms with Gasteiger partial charge in [-0.15, -0.1) is 11.3 Å². The van der Waals surface area contributed by atoms with Crippen molar-refractivity contribution in [2.24, 2.45) is 0 Å². The molecule has 0 aliphatic carbocycles. The molecule has 3 aromatic rings. The van der Waals surface area contributed by atoms with Crippen LogP contribution in [-0.2, 0) is 9.53 Å². The molecule has 4 rings (SSSR count). The number of carbonyl (C=O) groups is 1. The topological polar surface area (TPSA) is 71.5 Å². The lowest BCUT2D eigenvalue weighted by Gasteiger charge is -2.22. The summed E-state index contributed by atoms with van der Waals surface area (Å²) in [6.07, 6.45) is 0. The fourth-order valence-electron chi connectivity index (χ4n) is 3.28. The summed E-state index contributed by atoms with van der Waals surface area (Å²) in [4.78, 5) is 21.5. The molecular formula is C18H21N4O2S+. The van der Waals surface area contributed by atoms with Crippen molar-refractivity contribution >= 4 is 33.3 Å². The highest BCUT2D eigenvalue weighted by atomic mass is 32.1. The minimum absolute atomic E-state index is 0.00782. The maximum atomic E-state index is 12.2. The number of para-hydroxylation sites is 1. The third-order valence-electron chi connectivity index (χ3n) is 4.51. The molecule has 1 aromatic carbocycles. The van der Waals surface area contributed by atoms with Gasteiger partial charge in [0.1, 0.15) is 13.1 Å². The number of H-pyrrole nitrogens is 1. The molecule has 1 aliphatic heterocycles. The van der Waals surface area contributed by atoms with Crippen LogP contribution in [0.5, 0.6) is 0 Å². The second-order valence-corrected chi connectivity index (χ2v) is 7.15. The van der Waals surface area contributed by atoms with E-state index in [-0.39, 0.29) is 5.91 Å². The Labute approximate surface area is 149 Å². The molecule has 0 atom stereocenters. The van der Waals surface area contributed by atoms with Crippen LogP contribution < -0.4 is 10.2 Å². The van der Waals surface area contributed by atoms with E-state index in [1.807, 2.05) is 17.5 Å². The summed E-state index contributed by atoms with van der Waals surface area (Å²) in [5, 5.41) is 6.74. The summed E-state index contributed by atoms with van der Waals surface area (Å²) in [6.45, 7) is 5.73. The fourth-order valence-corrected chi connectivity index (χ4v) is 4.00. The predicted molar refractivity (Wildman–Crippen MR) is 99.2 cm³/mol. The number of carbonyl (C=O) groups excluding carboxylic acids is 1. The molecule has 0 radical (unpaired) electrons. The Bertz CT molecular complexity index is 896. The minimum atomic E-state index is 0.00782. The average molecular weight is 357 g/mol. The zero-order chi connectivity index (χ0) is 17.2. The smallest absolute Gasteiger partial charge is 0.281 e. The Hall–Kier alpha value is -2.22. The number of aromatic amines is 1. The maximum Gasteiger partial charge on any atom is 0.281 e. The van der Waals surface area contributed by atoms with Crippen LogP contribution in [0.1, 0.15) is 5.69 Å². The summed E-state index contributed by atoms with van der Waals surface area (Å²) in [5.74, 6) is 0.00782. The van der Waals surface area contributed by atoms with Gasteiger partial charge in [-0.2, -0.15) is 0 Å². The quantitative estimate of drug-likeness (QED) is 0.662. The van der Waals surface area contributed by atoms with Crippen LogP contribution in [0.3, 0.4) is 0 Å². The lowest BCUT2D eigenvalue weighted by Crippen LogP contribution is -3.15. The summed E-state index contributed by atoms with van der Waals surface area (Å²) >= 11 is 1.46. The number of nitrogens with zero attached hydrogens (tertiary/aromatic N) is 1. The fraction of sp³-hybridized carbons (Fsp3) is 0.333. The number of morpholine rings is 1. The third-order valence-corrected chi connectivity index (χ3v) is 5.27. The molecule has 1 aliphatic rings. The van der Waals surface area contributed by atoms with Gasteiger partial charge in [0.2, 0.25) is 0 Å². The molecule has 1 fully saturated rings. The molecule has 1 amide bonds. The summed E-state index contributed by atoms with van der Waals surface area (Å²) in [5.41, 5.74) is 4.19. The van der Waals surface area contributed by atoms with E-state index in [2.05, 4.69) is 34.3 Å². The molecule has 1 saturated heterocycles. The first-order chi connectivity index (χ1) is 12.2. The van der Waals surface area contributed by atoms with Crippen LogP contribution in [0.4, 0.5) is 5.13 Å². The molecule has 7 heteroatoms. The predicted octanol–water partition coefficient (Wildman–Crippen LogP) is 1.45. The number of aryl methyl sites for hydroxylation is 1. The highest BCUT2D eigenvalue weighted by Gasteiger charge is 2.19. The Morgan fingerprint density at radius 3 is 3.00 bits per heavy atom. The van der Waals surface area contributed by atoms with E-state index in [4.69, 9.17) is 4.74 Å². The van der Waals surface area contributed by atoms with E-state index in [1.165, 1.54) is 16.2 Å². The molecule has 3 N–H and O–H groups in total. The molecule has 0 spiro atoms. The standard InChI is InChI=1S/C18H20N4O2S/c1-12-17(13-4-2-3-5-14(13)19-12)15-11-25-18(20-15)21-16(23)10-22-6-8-24-9-7-22/h2-5,11,19H,6-10H2,1H3,(H,20,21,23)/p+1. The third kappa shape index (κ3) is 3.44. The van der Waals surface area contributed by atoms with Crippen molar-refractivity contribution in [3.63, 3.8) is 0 Å². The highest BCUT2D eigenvalue weighted by molar-refractivity contribution is 7.14. The molecule has 2 aromatic heterocycles. The molecule has 130 valence electrons. The van der Waals surface area contributed by atoms with Crippen molar-refractivity contribution in [2.75, 3.05) is 38.2 Å². The first-order valence-corrected chi connectivity index (χ1v) is 9.33. The van der Waals surface area contributed by atoms with E-state index in [9.17, 15) is 4.79 Å². The first kappa shape index (κ1) is 16.3. The number of benzene rings is 1. The van der Waals surface area contributed by atoms with Crippen LogP contribution in [0.15, 0.2) is 29.6 Å².